The highest BCUT2D eigenvalue weighted by Crippen LogP contribution is 2.30. The van der Waals surface area contributed by atoms with E-state index >= 15 is 0 Å². The van der Waals surface area contributed by atoms with Gasteiger partial charge in [-0.3, -0.25) is 14.5 Å². The van der Waals surface area contributed by atoms with Crippen LogP contribution in [0.25, 0.3) is 0 Å². The lowest BCUT2D eigenvalue weighted by molar-refractivity contribution is -0.131. The minimum Gasteiger partial charge on any atom is -0.497 e. The molecule has 2 amide bonds. The number of ether oxygens (including phenoxy) is 2. The summed E-state index contributed by atoms with van der Waals surface area (Å²) in [6.45, 7) is 4.11. The van der Waals surface area contributed by atoms with E-state index < -0.39 is 0 Å². The molecular weight excluding hydrogens is 430 g/mol. The molecule has 2 aromatic carbocycles. The summed E-state index contributed by atoms with van der Waals surface area (Å²) < 4.78 is 10.5. The number of carbonyl (C=O) groups is 2. The highest BCUT2D eigenvalue weighted by Gasteiger charge is 2.26. The van der Waals surface area contributed by atoms with E-state index in [0.717, 1.165) is 74.6 Å². The molecule has 0 unspecified atom stereocenters. The Balaban J connectivity index is 1.28. The van der Waals surface area contributed by atoms with E-state index in [1.165, 1.54) is 5.56 Å². The third-order valence-corrected chi connectivity index (χ3v) is 6.79. The first-order chi connectivity index (χ1) is 16.6. The molecule has 0 spiro atoms. The first kappa shape index (κ1) is 24.1. The molecule has 2 aromatic rings. The van der Waals surface area contributed by atoms with Gasteiger partial charge >= 0.3 is 0 Å². The van der Waals surface area contributed by atoms with Crippen molar-refractivity contribution in [2.75, 3.05) is 58.4 Å². The zero-order valence-electron chi connectivity index (χ0n) is 20.3. The highest BCUT2D eigenvalue weighted by atomic mass is 16.5. The van der Waals surface area contributed by atoms with Crippen LogP contribution in [0.2, 0.25) is 0 Å². The highest BCUT2D eigenvalue weighted by molar-refractivity contribution is 5.96. The summed E-state index contributed by atoms with van der Waals surface area (Å²) in [7, 11) is 3.32. The topological polar surface area (TPSA) is 62.3 Å². The van der Waals surface area contributed by atoms with Crippen molar-refractivity contribution in [1.82, 2.24) is 9.80 Å². The number of anilines is 1. The lowest BCUT2D eigenvalue weighted by atomic mass is 10.0. The van der Waals surface area contributed by atoms with Gasteiger partial charge in [-0.05, 0) is 67.1 Å². The van der Waals surface area contributed by atoms with Gasteiger partial charge in [0, 0.05) is 44.8 Å². The van der Waals surface area contributed by atoms with E-state index in [9.17, 15) is 9.59 Å². The molecule has 7 heteroatoms. The van der Waals surface area contributed by atoms with E-state index in [0.29, 0.717) is 19.5 Å². The Hall–Kier alpha value is -3.06. The molecule has 4 rings (SSSR count). The van der Waals surface area contributed by atoms with Crippen LogP contribution >= 0.6 is 0 Å². The van der Waals surface area contributed by atoms with Gasteiger partial charge in [-0.2, -0.15) is 0 Å². The molecule has 34 heavy (non-hydrogen) atoms. The fourth-order valence-corrected chi connectivity index (χ4v) is 4.82. The van der Waals surface area contributed by atoms with Gasteiger partial charge in [0.05, 0.1) is 20.8 Å². The minimum absolute atomic E-state index is 0.130. The van der Waals surface area contributed by atoms with E-state index in [1.54, 1.807) is 14.2 Å². The quantitative estimate of drug-likeness (QED) is 0.629. The van der Waals surface area contributed by atoms with Crippen molar-refractivity contribution in [3.63, 3.8) is 0 Å². The first-order valence-electron chi connectivity index (χ1n) is 12.2. The number of nitrogens with zero attached hydrogens (tertiary/aromatic N) is 3. The van der Waals surface area contributed by atoms with Crippen molar-refractivity contribution >= 4 is 17.5 Å². The van der Waals surface area contributed by atoms with Crippen LogP contribution < -0.4 is 14.4 Å². The van der Waals surface area contributed by atoms with Crippen LogP contribution in [-0.2, 0) is 22.4 Å². The van der Waals surface area contributed by atoms with Gasteiger partial charge in [0.15, 0.2) is 0 Å². The average Bonchev–Trinajstić information content (AvgIpc) is 3.12. The van der Waals surface area contributed by atoms with Gasteiger partial charge in [-0.15, -0.1) is 0 Å². The smallest absolute Gasteiger partial charge is 0.241 e. The minimum atomic E-state index is 0.130. The maximum atomic E-state index is 13.2. The zero-order chi connectivity index (χ0) is 23.9. The van der Waals surface area contributed by atoms with Crippen LogP contribution in [0.3, 0.4) is 0 Å². The Kier molecular flexibility index (Phi) is 8.06. The third kappa shape index (κ3) is 5.89. The van der Waals surface area contributed by atoms with Crippen molar-refractivity contribution in [1.29, 1.82) is 0 Å². The number of hydrogen-bond acceptors (Lipinski definition) is 5. The van der Waals surface area contributed by atoms with Crippen LogP contribution in [0.1, 0.15) is 30.4 Å². The second-order valence-corrected chi connectivity index (χ2v) is 9.00. The van der Waals surface area contributed by atoms with Crippen molar-refractivity contribution in [3.05, 3.63) is 53.6 Å². The van der Waals surface area contributed by atoms with Crippen LogP contribution in [0, 0.1) is 0 Å². The van der Waals surface area contributed by atoms with Gasteiger partial charge < -0.3 is 19.3 Å². The Labute approximate surface area is 202 Å². The van der Waals surface area contributed by atoms with Crippen molar-refractivity contribution in [2.45, 2.75) is 32.1 Å². The average molecular weight is 466 g/mol. The summed E-state index contributed by atoms with van der Waals surface area (Å²) in [5.41, 5.74) is 3.31. The standard InChI is InChI=1S/C27H35N3O4/c1-33-23-9-6-21(7-10-23)8-13-26(31)29-15-4-14-28(17-18-29)20-27(32)30-16-3-5-22-19-24(34-2)11-12-25(22)30/h6-7,9-12,19H,3-5,8,13-18,20H2,1-2H3. The molecule has 2 heterocycles. The number of amides is 2. The number of rotatable bonds is 7. The van der Waals surface area contributed by atoms with Crippen LogP contribution in [0.5, 0.6) is 11.5 Å². The molecule has 7 nitrogen and oxygen atoms in total. The molecule has 0 radical (unpaired) electrons. The zero-order valence-corrected chi connectivity index (χ0v) is 20.3. The molecular formula is C27H35N3O4. The monoisotopic (exact) mass is 465 g/mol. The molecule has 182 valence electrons. The van der Waals surface area contributed by atoms with Gasteiger partial charge in [0.2, 0.25) is 11.8 Å². The Morgan fingerprint density at radius 3 is 2.35 bits per heavy atom. The fourth-order valence-electron chi connectivity index (χ4n) is 4.82. The summed E-state index contributed by atoms with van der Waals surface area (Å²) in [6.07, 6.45) is 4.03. The molecule has 0 saturated carbocycles. The maximum Gasteiger partial charge on any atom is 0.241 e. The number of benzene rings is 2. The molecule has 0 aliphatic carbocycles. The maximum absolute atomic E-state index is 13.2. The lowest BCUT2D eigenvalue weighted by Gasteiger charge is -2.31. The summed E-state index contributed by atoms with van der Waals surface area (Å²) in [5, 5.41) is 0. The van der Waals surface area contributed by atoms with E-state index in [2.05, 4.69) is 4.90 Å². The SMILES string of the molecule is COc1ccc(CCC(=O)N2CCCN(CC(=O)N3CCCc4cc(OC)ccc43)CC2)cc1. The Morgan fingerprint density at radius 1 is 0.824 bits per heavy atom. The number of fused-ring (bicyclic) bond motifs is 1. The molecule has 2 aliphatic rings. The summed E-state index contributed by atoms with van der Waals surface area (Å²) in [4.78, 5) is 32.1. The summed E-state index contributed by atoms with van der Waals surface area (Å²) in [6, 6.07) is 13.8. The summed E-state index contributed by atoms with van der Waals surface area (Å²) in [5.74, 6) is 1.97. The summed E-state index contributed by atoms with van der Waals surface area (Å²) >= 11 is 0. The van der Waals surface area contributed by atoms with Gasteiger partial charge in [-0.1, -0.05) is 12.1 Å². The third-order valence-electron chi connectivity index (χ3n) is 6.79. The molecule has 0 atom stereocenters. The van der Waals surface area contributed by atoms with Gasteiger partial charge in [-0.25, -0.2) is 0 Å². The Bertz CT molecular complexity index is 992. The lowest BCUT2D eigenvalue weighted by Crippen LogP contribution is -2.44. The Morgan fingerprint density at radius 2 is 1.59 bits per heavy atom. The molecule has 0 bridgehead atoms. The number of methoxy groups -OCH3 is 2. The predicted molar refractivity (Wildman–Crippen MR) is 133 cm³/mol. The van der Waals surface area contributed by atoms with Crippen LogP contribution in [-0.4, -0.2) is 75.1 Å². The number of hydrogen-bond donors (Lipinski definition) is 0. The molecule has 0 aromatic heterocycles. The van der Waals surface area contributed by atoms with Crippen molar-refractivity contribution < 1.29 is 19.1 Å². The van der Waals surface area contributed by atoms with Gasteiger partial charge in [0.25, 0.3) is 0 Å². The van der Waals surface area contributed by atoms with Crippen LogP contribution in [0.15, 0.2) is 42.5 Å². The van der Waals surface area contributed by atoms with E-state index in [1.807, 2.05) is 52.3 Å². The molecule has 0 N–H and O–H groups in total. The second-order valence-electron chi connectivity index (χ2n) is 9.00. The predicted octanol–water partition coefficient (Wildman–Crippen LogP) is 3.15. The van der Waals surface area contributed by atoms with E-state index in [4.69, 9.17) is 9.47 Å². The molecule has 1 fully saturated rings. The van der Waals surface area contributed by atoms with Crippen molar-refractivity contribution in [2.24, 2.45) is 0 Å². The molecule has 2 aliphatic heterocycles. The normalized spacial score (nSPS) is 16.5. The largest absolute Gasteiger partial charge is 0.497 e. The van der Waals surface area contributed by atoms with Crippen LogP contribution in [0.4, 0.5) is 5.69 Å². The number of carbonyl (C=O) groups excluding carboxylic acids is 2. The van der Waals surface area contributed by atoms with Crippen molar-refractivity contribution in [3.8, 4) is 11.5 Å². The second kappa shape index (κ2) is 11.4. The van der Waals surface area contributed by atoms with Gasteiger partial charge in [0.1, 0.15) is 11.5 Å². The fraction of sp³-hybridized carbons (Fsp3) is 0.481. The van der Waals surface area contributed by atoms with E-state index in [-0.39, 0.29) is 11.8 Å². The first-order valence-corrected chi connectivity index (χ1v) is 12.2. The molecule has 1 saturated heterocycles. The number of aryl methyl sites for hydroxylation is 2.